The number of benzene rings is 1. The number of hydrogen-bond donors (Lipinski definition) is 0. The fraction of sp³-hybridized carbons (Fsp3) is 0.231. The fourth-order valence-electron chi connectivity index (χ4n) is 1.56. The first kappa shape index (κ1) is 14.5. The molecule has 8 heteroatoms. The minimum Gasteiger partial charge on any atom is -0.426 e. The molecule has 0 fully saturated rings. The molecule has 0 N–H and O–H groups in total. The van der Waals surface area contributed by atoms with E-state index in [9.17, 15) is 14.9 Å². The molecule has 1 aromatic carbocycles. The maximum atomic E-state index is 11.5. The van der Waals surface area contributed by atoms with Crippen LogP contribution in [0.25, 0.3) is 0 Å². The zero-order valence-electron chi connectivity index (χ0n) is 11.5. The van der Waals surface area contributed by atoms with Gasteiger partial charge in [0.15, 0.2) is 6.61 Å². The number of hydrogen-bond acceptors (Lipinski definition) is 6. The minimum atomic E-state index is -0.899. The predicted molar refractivity (Wildman–Crippen MR) is 71.9 cm³/mol. The van der Waals surface area contributed by atoms with Crippen molar-refractivity contribution in [3.63, 3.8) is 0 Å². The lowest BCUT2D eigenvalue weighted by atomic mass is 10.3. The van der Waals surface area contributed by atoms with Gasteiger partial charge in [-0.05, 0) is 19.1 Å². The standard InChI is InChI=1S/C13H13N3O5/c1-9-7-14-12(15(9)2)8-20-13(17)21-11-5-3-10(4-6-11)16(18)19/h3-7H,8H2,1-2H3. The minimum absolute atomic E-state index is 0.0177. The molecule has 0 unspecified atom stereocenters. The molecular weight excluding hydrogens is 278 g/mol. The highest BCUT2D eigenvalue weighted by atomic mass is 16.7. The van der Waals surface area contributed by atoms with Crippen molar-refractivity contribution in [3.8, 4) is 5.75 Å². The van der Waals surface area contributed by atoms with Gasteiger partial charge in [0.2, 0.25) is 0 Å². The van der Waals surface area contributed by atoms with Crippen LogP contribution in [0.2, 0.25) is 0 Å². The van der Waals surface area contributed by atoms with Gasteiger partial charge < -0.3 is 14.0 Å². The normalized spacial score (nSPS) is 10.2. The SMILES string of the molecule is Cc1cnc(COC(=O)Oc2ccc([N+](=O)[O-])cc2)n1C. The van der Waals surface area contributed by atoms with Crippen LogP contribution in [0.5, 0.6) is 5.75 Å². The van der Waals surface area contributed by atoms with Gasteiger partial charge in [-0.15, -0.1) is 0 Å². The van der Waals surface area contributed by atoms with E-state index >= 15 is 0 Å². The predicted octanol–water partition coefficient (Wildman–Crippen LogP) is 2.35. The Morgan fingerprint density at radius 2 is 2.05 bits per heavy atom. The first-order valence-corrected chi connectivity index (χ1v) is 6.03. The van der Waals surface area contributed by atoms with Gasteiger partial charge in [0.25, 0.3) is 5.69 Å². The summed E-state index contributed by atoms with van der Waals surface area (Å²) in [5.74, 6) is 0.759. The number of carbonyl (C=O) groups is 1. The molecule has 0 bridgehead atoms. The summed E-state index contributed by atoms with van der Waals surface area (Å²) in [5.41, 5.74) is 0.858. The van der Waals surface area contributed by atoms with Gasteiger partial charge in [0.1, 0.15) is 11.6 Å². The number of aromatic nitrogens is 2. The van der Waals surface area contributed by atoms with E-state index in [1.54, 1.807) is 10.8 Å². The molecule has 110 valence electrons. The molecule has 0 spiro atoms. The molecule has 21 heavy (non-hydrogen) atoms. The van der Waals surface area contributed by atoms with Crippen LogP contribution in [-0.4, -0.2) is 20.6 Å². The number of nitro groups is 1. The second-order valence-electron chi connectivity index (χ2n) is 4.27. The first-order chi connectivity index (χ1) is 9.97. The van der Waals surface area contributed by atoms with Gasteiger partial charge in [0.05, 0.1) is 4.92 Å². The lowest BCUT2D eigenvalue weighted by Crippen LogP contribution is -2.12. The lowest BCUT2D eigenvalue weighted by Gasteiger charge is -2.06. The number of nitrogens with zero attached hydrogens (tertiary/aromatic N) is 3. The third kappa shape index (κ3) is 3.56. The number of carbonyl (C=O) groups excluding carboxylic acids is 1. The van der Waals surface area contributed by atoms with Crippen molar-refractivity contribution in [1.29, 1.82) is 0 Å². The van der Waals surface area contributed by atoms with E-state index in [1.807, 2.05) is 14.0 Å². The van der Waals surface area contributed by atoms with Crippen LogP contribution in [-0.2, 0) is 18.4 Å². The zero-order chi connectivity index (χ0) is 15.4. The molecule has 1 heterocycles. The van der Waals surface area contributed by atoms with E-state index in [4.69, 9.17) is 9.47 Å². The summed E-state index contributed by atoms with van der Waals surface area (Å²) in [5, 5.41) is 10.5. The number of ether oxygens (including phenoxy) is 2. The molecule has 0 aliphatic rings. The Balaban J connectivity index is 1.89. The van der Waals surface area contributed by atoms with Crippen molar-refractivity contribution in [3.05, 3.63) is 52.1 Å². The highest BCUT2D eigenvalue weighted by Crippen LogP contribution is 2.17. The van der Waals surface area contributed by atoms with Crippen molar-refractivity contribution in [1.82, 2.24) is 9.55 Å². The third-order valence-corrected chi connectivity index (χ3v) is 2.88. The largest absolute Gasteiger partial charge is 0.514 e. The highest BCUT2D eigenvalue weighted by Gasteiger charge is 2.11. The molecule has 0 atom stereocenters. The van der Waals surface area contributed by atoms with Crippen molar-refractivity contribution in [2.24, 2.45) is 7.05 Å². The number of nitro benzene ring substituents is 1. The first-order valence-electron chi connectivity index (χ1n) is 6.03. The Morgan fingerprint density at radius 1 is 1.38 bits per heavy atom. The number of imidazole rings is 1. The summed E-state index contributed by atoms with van der Waals surface area (Å²) in [7, 11) is 1.81. The van der Waals surface area contributed by atoms with Crippen LogP contribution in [0.1, 0.15) is 11.5 Å². The molecule has 0 saturated heterocycles. The molecule has 2 rings (SSSR count). The Labute approximate surface area is 120 Å². The average molecular weight is 291 g/mol. The van der Waals surface area contributed by atoms with Crippen LogP contribution >= 0.6 is 0 Å². The maximum absolute atomic E-state index is 11.5. The van der Waals surface area contributed by atoms with Crippen LogP contribution in [0.4, 0.5) is 10.5 Å². The quantitative estimate of drug-likeness (QED) is 0.371. The van der Waals surface area contributed by atoms with Gasteiger partial charge in [-0.2, -0.15) is 0 Å². The summed E-state index contributed by atoms with van der Waals surface area (Å²) < 4.78 is 11.6. The van der Waals surface area contributed by atoms with Gasteiger partial charge in [-0.1, -0.05) is 0 Å². The van der Waals surface area contributed by atoms with E-state index < -0.39 is 11.1 Å². The van der Waals surface area contributed by atoms with E-state index in [0.29, 0.717) is 5.82 Å². The van der Waals surface area contributed by atoms with Crippen LogP contribution in [0, 0.1) is 17.0 Å². The molecule has 0 aliphatic carbocycles. The second-order valence-corrected chi connectivity index (χ2v) is 4.27. The van der Waals surface area contributed by atoms with Crippen molar-refractivity contribution < 1.29 is 19.2 Å². The van der Waals surface area contributed by atoms with E-state index in [-0.39, 0.29) is 18.0 Å². The number of aryl methyl sites for hydroxylation is 1. The smallest absolute Gasteiger partial charge is 0.426 e. The number of non-ortho nitro benzene ring substituents is 1. The van der Waals surface area contributed by atoms with E-state index in [1.165, 1.54) is 24.3 Å². The molecule has 2 aromatic rings. The van der Waals surface area contributed by atoms with Gasteiger partial charge in [-0.25, -0.2) is 9.78 Å². The molecule has 0 radical (unpaired) electrons. The molecule has 1 aromatic heterocycles. The van der Waals surface area contributed by atoms with Gasteiger partial charge in [-0.3, -0.25) is 10.1 Å². The molecule has 0 amide bonds. The topological polar surface area (TPSA) is 96.5 Å². The van der Waals surface area contributed by atoms with E-state index in [0.717, 1.165) is 5.69 Å². The maximum Gasteiger partial charge on any atom is 0.514 e. The summed E-state index contributed by atoms with van der Waals surface area (Å²) in [4.78, 5) is 25.5. The fourth-order valence-corrected chi connectivity index (χ4v) is 1.56. The lowest BCUT2D eigenvalue weighted by molar-refractivity contribution is -0.384. The van der Waals surface area contributed by atoms with Gasteiger partial charge >= 0.3 is 6.16 Å². The third-order valence-electron chi connectivity index (χ3n) is 2.88. The zero-order valence-corrected chi connectivity index (χ0v) is 11.5. The van der Waals surface area contributed by atoms with Crippen LogP contribution in [0.15, 0.2) is 30.5 Å². The summed E-state index contributed by atoms with van der Waals surface area (Å²) in [6.45, 7) is 1.86. The summed E-state index contributed by atoms with van der Waals surface area (Å²) >= 11 is 0. The Bertz CT molecular complexity index is 663. The Hall–Kier alpha value is -2.90. The molecule has 0 saturated carbocycles. The number of rotatable bonds is 4. The Kier molecular flexibility index (Phi) is 4.17. The second kappa shape index (κ2) is 6.04. The molecular formula is C13H13N3O5. The monoisotopic (exact) mass is 291 g/mol. The molecule has 8 nitrogen and oxygen atoms in total. The Morgan fingerprint density at radius 3 is 2.57 bits per heavy atom. The van der Waals surface area contributed by atoms with Crippen LogP contribution < -0.4 is 4.74 Å². The highest BCUT2D eigenvalue weighted by molar-refractivity contribution is 5.63. The van der Waals surface area contributed by atoms with Gasteiger partial charge in [0, 0.05) is 31.1 Å². The van der Waals surface area contributed by atoms with E-state index in [2.05, 4.69) is 4.98 Å². The average Bonchev–Trinajstić information content (AvgIpc) is 2.77. The van der Waals surface area contributed by atoms with Crippen molar-refractivity contribution >= 4 is 11.8 Å². The molecule has 0 aliphatic heterocycles. The summed E-state index contributed by atoms with van der Waals surface area (Å²) in [6, 6.07) is 5.13. The van der Waals surface area contributed by atoms with Crippen molar-refractivity contribution in [2.45, 2.75) is 13.5 Å². The summed E-state index contributed by atoms with van der Waals surface area (Å²) in [6.07, 6.45) is 0.768. The van der Waals surface area contributed by atoms with Crippen LogP contribution in [0.3, 0.4) is 0 Å². The van der Waals surface area contributed by atoms with Crippen molar-refractivity contribution in [2.75, 3.05) is 0 Å².